The quantitative estimate of drug-likeness (QED) is 0.656. The minimum absolute atomic E-state index is 0.540. The first-order valence-corrected chi connectivity index (χ1v) is 3.34. The van der Waals surface area contributed by atoms with E-state index in [0.29, 0.717) is 11.6 Å². The Balaban J connectivity index is 2.14. The van der Waals surface area contributed by atoms with Gasteiger partial charge in [-0.1, -0.05) is 0 Å². The second-order valence-electron chi connectivity index (χ2n) is 2.05. The van der Waals surface area contributed by atoms with Crippen molar-refractivity contribution in [1.82, 2.24) is 19.9 Å². The largest absolute Gasteiger partial charge is 0.349 e. The van der Waals surface area contributed by atoms with Crippen LogP contribution in [0.25, 0.3) is 0 Å². The van der Waals surface area contributed by atoms with E-state index in [0.717, 1.165) is 0 Å². The normalized spacial score (nSPS) is 11.0. The minimum atomic E-state index is 0.540. The maximum atomic E-state index is 3.86. The van der Waals surface area contributed by atoms with E-state index in [1.165, 1.54) is 0 Å². The highest BCUT2D eigenvalue weighted by Crippen LogP contribution is 2.10. The lowest BCUT2D eigenvalue weighted by molar-refractivity contribution is 1.15. The van der Waals surface area contributed by atoms with Crippen LogP contribution in [0, 0.1) is 0 Å². The van der Waals surface area contributed by atoms with Crippen molar-refractivity contribution in [2.24, 2.45) is 10.2 Å². The summed E-state index contributed by atoms with van der Waals surface area (Å²) in [6.07, 6.45) is 6.38. The van der Waals surface area contributed by atoms with Gasteiger partial charge in [0.15, 0.2) is 11.6 Å². The van der Waals surface area contributed by atoms with E-state index in [2.05, 4.69) is 30.2 Å². The zero-order chi connectivity index (χ0) is 8.23. The summed E-state index contributed by atoms with van der Waals surface area (Å²) in [5.74, 6) is 1.08. The molecule has 12 heavy (non-hydrogen) atoms. The van der Waals surface area contributed by atoms with Gasteiger partial charge in [0.25, 0.3) is 0 Å². The molecule has 0 fully saturated rings. The fourth-order valence-corrected chi connectivity index (χ4v) is 0.717. The van der Waals surface area contributed by atoms with Crippen LogP contribution in [0.15, 0.2) is 35.3 Å². The van der Waals surface area contributed by atoms with Crippen LogP contribution in [0.3, 0.4) is 0 Å². The van der Waals surface area contributed by atoms with Gasteiger partial charge in [0.2, 0.25) is 0 Å². The summed E-state index contributed by atoms with van der Waals surface area (Å²) in [5.41, 5.74) is 0. The van der Waals surface area contributed by atoms with E-state index >= 15 is 0 Å². The number of nitrogens with one attached hydrogen (secondary N) is 2. The smallest absolute Gasteiger partial charge is 0.192 e. The van der Waals surface area contributed by atoms with Gasteiger partial charge in [-0.05, 0) is 0 Å². The summed E-state index contributed by atoms with van der Waals surface area (Å²) in [6.45, 7) is 0. The van der Waals surface area contributed by atoms with Crippen molar-refractivity contribution in [1.29, 1.82) is 0 Å². The van der Waals surface area contributed by atoms with Crippen molar-refractivity contribution in [2.45, 2.75) is 0 Å². The van der Waals surface area contributed by atoms with Gasteiger partial charge >= 0.3 is 0 Å². The molecule has 0 aromatic carbocycles. The SMILES string of the molecule is c1nc(/N=N/c2c[nH]cn2)c[nH]1. The Bertz CT molecular complexity index is 309. The highest BCUT2D eigenvalue weighted by Gasteiger charge is 1.90. The second-order valence-corrected chi connectivity index (χ2v) is 2.05. The van der Waals surface area contributed by atoms with Crippen molar-refractivity contribution in [2.75, 3.05) is 0 Å². The maximum absolute atomic E-state index is 3.86. The van der Waals surface area contributed by atoms with Crippen LogP contribution in [0.4, 0.5) is 11.6 Å². The van der Waals surface area contributed by atoms with Gasteiger partial charge in [0.05, 0.1) is 12.7 Å². The van der Waals surface area contributed by atoms with Gasteiger partial charge in [-0.2, -0.15) is 0 Å². The van der Waals surface area contributed by atoms with E-state index in [9.17, 15) is 0 Å². The number of rotatable bonds is 2. The highest BCUT2D eigenvalue weighted by atomic mass is 15.2. The first kappa shape index (κ1) is 6.71. The van der Waals surface area contributed by atoms with Crippen LogP contribution in [-0.2, 0) is 0 Å². The molecule has 60 valence electrons. The van der Waals surface area contributed by atoms with E-state index in [1.807, 2.05) is 0 Å². The van der Waals surface area contributed by atoms with Crippen LogP contribution in [0.1, 0.15) is 0 Å². The van der Waals surface area contributed by atoms with Crippen LogP contribution in [0.2, 0.25) is 0 Å². The lowest BCUT2D eigenvalue weighted by Crippen LogP contribution is -1.60. The number of aromatic amines is 2. The molecule has 2 rings (SSSR count). The number of hydrogen-bond donors (Lipinski definition) is 2. The average Bonchev–Trinajstić information content (AvgIpc) is 2.74. The zero-order valence-electron chi connectivity index (χ0n) is 6.10. The van der Waals surface area contributed by atoms with E-state index in [4.69, 9.17) is 0 Å². The van der Waals surface area contributed by atoms with Crippen LogP contribution in [-0.4, -0.2) is 19.9 Å². The van der Waals surface area contributed by atoms with Gasteiger partial charge in [-0.25, -0.2) is 9.97 Å². The summed E-state index contributed by atoms with van der Waals surface area (Å²) in [7, 11) is 0. The van der Waals surface area contributed by atoms with Gasteiger partial charge in [0, 0.05) is 12.4 Å². The Kier molecular flexibility index (Phi) is 1.65. The Morgan fingerprint density at radius 1 is 0.917 bits per heavy atom. The van der Waals surface area contributed by atoms with Gasteiger partial charge in [-0.15, -0.1) is 10.2 Å². The number of aromatic nitrogens is 4. The Morgan fingerprint density at radius 2 is 1.42 bits per heavy atom. The molecule has 0 spiro atoms. The third-order valence-corrected chi connectivity index (χ3v) is 1.22. The lowest BCUT2D eigenvalue weighted by atomic mass is 10.8. The van der Waals surface area contributed by atoms with Crippen molar-refractivity contribution < 1.29 is 0 Å². The third kappa shape index (κ3) is 1.36. The van der Waals surface area contributed by atoms with Crippen molar-refractivity contribution >= 4 is 11.6 Å². The standard InChI is InChI=1S/C6H6N6/c1-5(9-3-7-1)11-12-6-2-8-4-10-6/h1-4H,(H,7,9)(H,8,10)/b12-11+. The predicted molar refractivity (Wildman–Crippen MR) is 41.4 cm³/mol. The van der Waals surface area contributed by atoms with Crippen molar-refractivity contribution in [3.05, 3.63) is 25.0 Å². The number of azo groups is 1. The number of hydrogen-bond acceptors (Lipinski definition) is 4. The molecule has 0 saturated heterocycles. The molecule has 2 aromatic rings. The molecule has 0 atom stereocenters. The van der Waals surface area contributed by atoms with E-state index < -0.39 is 0 Å². The molecule has 2 aromatic heterocycles. The highest BCUT2D eigenvalue weighted by molar-refractivity contribution is 5.24. The average molecular weight is 162 g/mol. The topological polar surface area (TPSA) is 82.1 Å². The zero-order valence-corrected chi connectivity index (χ0v) is 6.10. The molecule has 0 radical (unpaired) electrons. The molecule has 6 heteroatoms. The summed E-state index contributed by atoms with van der Waals surface area (Å²) in [6, 6.07) is 0. The third-order valence-electron chi connectivity index (χ3n) is 1.22. The van der Waals surface area contributed by atoms with Gasteiger partial charge in [0.1, 0.15) is 0 Å². The maximum Gasteiger partial charge on any atom is 0.192 e. The molecule has 0 aliphatic heterocycles. The monoisotopic (exact) mass is 162 g/mol. The van der Waals surface area contributed by atoms with Gasteiger partial charge in [-0.3, -0.25) is 0 Å². The number of nitrogens with zero attached hydrogens (tertiary/aromatic N) is 4. The van der Waals surface area contributed by atoms with Crippen LogP contribution < -0.4 is 0 Å². The first-order chi connectivity index (χ1) is 5.95. The van der Waals surface area contributed by atoms with E-state index in [-0.39, 0.29) is 0 Å². The fourth-order valence-electron chi connectivity index (χ4n) is 0.717. The molecule has 0 aliphatic rings. The molecule has 0 unspecified atom stereocenters. The summed E-state index contributed by atoms with van der Waals surface area (Å²) >= 11 is 0. The van der Waals surface area contributed by atoms with Crippen LogP contribution in [0.5, 0.6) is 0 Å². The van der Waals surface area contributed by atoms with Gasteiger partial charge < -0.3 is 9.97 Å². The number of imidazole rings is 2. The first-order valence-electron chi connectivity index (χ1n) is 3.34. The molecule has 0 aliphatic carbocycles. The molecule has 0 bridgehead atoms. The van der Waals surface area contributed by atoms with E-state index in [1.54, 1.807) is 25.0 Å². The molecule has 6 nitrogen and oxygen atoms in total. The lowest BCUT2D eigenvalue weighted by Gasteiger charge is -1.79. The summed E-state index contributed by atoms with van der Waals surface area (Å²) in [5, 5.41) is 7.62. The Morgan fingerprint density at radius 3 is 1.75 bits per heavy atom. The minimum Gasteiger partial charge on any atom is -0.349 e. The Labute approximate surface area is 67.8 Å². The predicted octanol–water partition coefficient (Wildman–Crippen LogP) is 1.55. The molecule has 0 saturated carbocycles. The van der Waals surface area contributed by atoms with Crippen molar-refractivity contribution in [3.63, 3.8) is 0 Å². The molecular weight excluding hydrogens is 156 g/mol. The molecule has 0 amide bonds. The molecule has 2 N–H and O–H groups in total. The Hall–Kier alpha value is -1.98. The summed E-state index contributed by atoms with van der Waals surface area (Å²) < 4.78 is 0. The molecule has 2 heterocycles. The fraction of sp³-hybridized carbons (Fsp3) is 0. The van der Waals surface area contributed by atoms with Crippen molar-refractivity contribution in [3.8, 4) is 0 Å². The summed E-state index contributed by atoms with van der Waals surface area (Å²) in [4.78, 5) is 13.3. The second kappa shape index (κ2) is 2.95. The van der Waals surface area contributed by atoms with Crippen LogP contribution >= 0.6 is 0 Å². The number of H-pyrrole nitrogens is 2. The molecular formula is C6H6N6.